The van der Waals surface area contributed by atoms with Crippen LogP contribution in [0.5, 0.6) is 0 Å². The number of rotatable bonds is 11. The molecule has 12 nitrogen and oxygen atoms in total. The van der Waals surface area contributed by atoms with Gasteiger partial charge in [-0.25, -0.2) is 14.6 Å². The Bertz CT molecular complexity index is 1030. The van der Waals surface area contributed by atoms with Gasteiger partial charge in [-0.15, -0.1) is 5.10 Å². The maximum atomic E-state index is 11.9. The van der Waals surface area contributed by atoms with E-state index in [0.717, 1.165) is 5.56 Å². The fraction of sp³-hybridized carbons (Fsp3) is 0.316. The van der Waals surface area contributed by atoms with Crippen LogP contribution in [-0.2, 0) is 16.1 Å². The van der Waals surface area contributed by atoms with E-state index in [-0.39, 0.29) is 18.4 Å². The van der Waals surface area contributed by atoms with E-state index in [2.05, 4.69) is 46.8 Å². The summed E-state index contributed by atoms with van der Waals surface area (Å²) in [6.07, 6.45) is 1.37. The lowest BCUT2D eigenvalue weighted by molar-refractivity contribution is -0.122. The molecule has 0 saturated carbocycles. The van der Waals surface area contributed by atoms with E-state index >= 15 is 0 Å². The highest BCUT2D eigenvalue weighted by molar-refractivity contribution is 6.30. The van der Waals surface area contributed by atoms with Crippen molar-refractivity contribution in [2.75, 3.05) is 36.8 Å². The first-order valence-corrected chi connectivity index (χ1v) is 10.2. The van der Waals surface area contributed by atoms with Crippen molar-refractivity contribution in [1.29, 1.82) is 0 Å². The van der Waals surface area contributed by atoms with Gasteiger partial charge in [-0.3, -0.25) is 9.59 Å². The van der Waals surface area contributed by atoms with Gasteiger partial charge in [0.25, 0.3) is 0 Å². The monoisotopic (exact) mass is 458 g/mol. The van der Waals surface area contributed by atoms with Gasteiger partial charge in [0.15, 0.2) is 5.82 Å². The van der Waals surface area contributed by atoms with Gasteiger partial charge < -0.3 is 21.3 Å². The van der Waals surface area contributed by atoms with Crippen molar-refractivity contribution in [3.8, 4) is 11.4 Å². The van der Waals surface area contributed by atoms with Crippen LogP contribution in [0.15, 0.2) is 36.7 Å². The maximum absolute atomic E-state index is 11.9. The minimum absolute atomic E-state index is 0.0452. The Hall–Kier alpha value is -3.80. The summed E-state index contributed by atoms with van der Waals surface area (Å²) in [7, 11) is 0. The zero-order chi connectivity index (χ0) is 22.8. The van der Waals surface area contributed by atoms with Gasteiger partial charge in [0.2, 0.25) is 11.8 Å². The molecule has 3 rings (SSSR count). The highest BCUT2D eigenvalue weighted by Crippen LogP contribution is 2.22. The molecule has 2 heterocycles. The van der Waals surface area contributed by atoms with E-state index in [1.165, 1.54) is 17.9 Å². The molecule has 4 N–H and O–H groups in total. The quantitative estimate of drug-likeness (QED) is 0.302. The lowest BCUT2D eigenvalue weighted by Gasteiger charge is -2.12. The molecule has 0 atom stereocenters. The number of anilines is 2. The summed E-state index contributed by atoms with van der Waals surface area (Å²) in [6.45, 7) is 3.31. The molecule has 32 heavy (non-hydrogen) atoms. The van der Waals surface area contributed by atoms with E-state index in [9.17, 15) is 9.59 Å². The Balaban J connectivity index is 1.60. The van der Waals surface area contributed by atoms with Crippen LogP contribution >= 0.6 is 11.6 Å². The normalized spacial score (nSPS) is 10.4. The second-order valence-corrected chi connectivity index (χ2v) is 7.10. The first kappa shape index (κ1) is 22.9. The van der Waals surface area contributed by atoms with Crippen molar-refractivity contribution in [1.82, 2.24) is 40.8 Å². The standard InChI is InChI=1S/C19H23ClN10O2/c1-13(31)21-6-7-22-16-10-17(27-19(26-16)14-2-4-15(20)5-3-14)23-8-9-24-18(32)11-30-12-25-28-29-30/h2-5,10,12H,6-9,11H2,1H3,(H,21,31)(H,24,32)(H2,22,23,26,27). The number of hydrogen-bond donors (Lipinski definition) is 4. The van der Waals surface area contributed by atoms with E-state index in [1.807, 2.05) is 12.1 Å². The van der Waals surface area contributed by atoms with Crippen molar-refractivity contribution in [2.45, 2.75) is 13.5 Å². The number of halogens is 1. The van der Waals surface area contributed by atoms with Crippen LogP contribution < -0.4 is 21.3 Å². The molecule has 0 spiro atoms. The number of nitrogens with zero attached hydrogens (tertiary/aromatic N) is 6. The van der Waals surface area contributed by atoms with E-state index in [1.54, 1.807) is 18.2 Å². The van der Waals surface area contributed by atoms with Crippen LogP contribution in [-0.4, -0.2) is 68.2 Å². The molecular formula is C19H23ClN10O2. The first-order chi connectivity index (χ1) is 15.5. The third-order valence-electron chi connectivity index (χ3n) is 4.08. The molecule has 0 aliphatic rings. The van der Waals surface area contributed by atoms with Crippen molar-refractivity contribution in [3.63, 3.8) is 0 Å². The van der Waals surface area contributed by atoms with Gasteiger partial charge in [-0.2, -0.15) is 0 Å². The van der Waals surface area contributed by atoms with E-state index in [4.69, 9.17) is 11.6 Å². The topological polar surface area (TPSA) is 152 Å². The smallest absolute Gasteiger partial charge is 0.241 e. The minimum atomic E-state index is -0.205. The van der Waals surface area contributed by atoms with Gasteiger partial charge in [0.05, 0.1) is 0 Å². The summed E-state index contributed by atoms with van der Waals surface area (Å²) in [5, 5.41) is 23.1. The Labute approximate surface area is 189 Å². The first-order valence-electron chi connectivity index (χ1n) is 9.84. The van der Waals surface area contributed by atoms with Crippen molar-refractivity contribution in [3.05, 3.63) is 41.7 Å². The van der Waals surface area contributed by atoms with Crippen molar-refractivity contribution < 1.29 is 9.59 Å². The van der Waals surface area contributed by atoms with Crippen LogP contribution in [0, 0.1) is 0 Å². The zero-order valence-electron chi connectivity index (χ0n) is 17.4. The van der Waals surface area contributed by atoms with E-state index < -0.39 is 0 Å². The predicted octanol–water partition coefficient (Wildman–Crippen LogP) is 0.560. The molecule has 1 aromatic carbocycles. The zero-order valence-corrected chi connectivity index (χ0v) is 18.1. The number of hydrogen-bond acceptors (Lipinski definition) is 9. The largest absolute Gasteiger partial charge is 0.368 e. The number of carbonyl (C=O) groups excluding carboxylic acids is 2. The van der Waals surface area contributed by atoms with Crippen LogP contribution in [0.25, 0.3) is 11.4 Å². The molecule has 168 valence electrons. The summed E-state index contributed by atoms with van der Waals surface area (Å²) in [5.41, 5.74) is 0.803. The summed E-state index contributed by atoms with van der Waals surface area (Å²) < 4.78 is 1.34. The number of amides is 2. The minimum Gasteiger partial charge on any atom is -0.368 e. The molecule has 3 aromatic rings. The number of tetrazole rings is 1. The Morgan fingerprint density at radius 2 is 1.62 bits per heavy atom. The number of aromatic nitrogens is 6. The molecule has 0 bridgehead atoms. The highest BCUT2D eigenvalue weighted by atomic mass is 35.5. The molecule has 2 aromatic heterocycles. The molecule has 13 heteroatoms. The third-order valence-corrected chi connectivity index (χ3v) is 4.34. The highest BCUT2D eigenvalue weighted by Gasteiger charge is 2.08. The fourth-order valence-electron chi connectivity index (χ4n) is 2.63. The SMILES string of the molecule is CC(=O)NCCNc1cc(NCCNC(=O)Cn2cnnn2)nc(-c2ccc(Cl)cc2)n1. The van der Waals surface area contributed by atoms with Gasteiger partial charge in [-0.05, 0) is 34.7 Å². The number of carbonyl (C=O) groups is 2. The number of nitrogens with one attached hydrogen (secondary N) is 4. The van der Waals surface area contributed by atoms with Gasteiger partial charge in [0, 0.05) is 49.8 Å². The van der Waals surface area contributed by atoms with Crippen LogP contribution in [0.1, 0.15) is 6.92 Å². The van der Waals surface area contributed by atoms with Gasteiger partial charge >= 0.3 is 0 Å². The molecule has 0 radical (unpaired) electrons. The molecular weight excluding hydrogens is 436 g/mol. The summed E-state index contributed by atoms with van der Waals surface area (Å²) in [6, 6.07) is 8.97. The lowest BCUT2D eigenvalue weighted by Crippen LogP contribution is -2.32. The van der Waals surface area contributed by atoms with E-state index in [0.29, 0.717) is 48.7 Å². The van der Waals surface area contributed by atoms with Crippen molar-refractivity contribution in [2.24, 2.45) is 0 Å². The summed E-state index contributed by atoms with van der Waals surface area (Å²) in [4.78, 5) is 32.0. The molecule has 0 aliphatic heterocycles. The van der Waals surface area contributed by atoms with Crippen LogP contribution in [0.2, 0.25) is 5.02 Å². The molecule has 0 aliphatic carbocycles. The molecule has 0 fully saturated rings. The molecule has 2 amide bonds. The summed E-state index contributed by atoms with van der Waals surface area (Å²) in [5.74, 6) is 1.39. The second-order valence-electron chi connectivity index (χ2n) is 6.66. The lowest BCUT2D eigenvalue weighted by atomic mass is 10.2. The Morgan fingerprint density at radius 1 is 0.969 bits per heavy atom. The van der Waals surface area contributed by atoms with Gasteiger partial charge in [0.1, 0.15) is 24.5 Å². The average molecular weight is 459 g/mol. The Kier molecular flexibility index (Phi) is 8.26. The molecule has 0 saturated heterocycles. The molecule has 0 unspecified atom stereocenters. The Morgan fingerprint density at radius 3 is 2.22 bits per heavy atom. The maximum Gasteiger partial charge on any atom is 0.241 e. The van der Waals surface area contributed by atoms with Crippen molar-refractivity contribution >= 4 is 35.1 Å². The summed E-state index contributed by atoms with van der Waals surface area (Å²) >= 11 is 5.98. The third kappa shape index (κ3) is 7.47. The number of benzene rings is 1. The average Bonchev–Trinajstić information content (AvgIpc) is 3.27. The fourth-order valence-corrected chi connectivity index (χ4v) is 2.76. The van der Waals surface area contributed by atoms with Crippen LogP contribution in [0.4, 0.5) is 11.6 Å². The predicted molar refractivity (Wildman–Crippen MR) is 119 cm³/mol. The second kappa shape index (κ2) is 11.6. The van der Waals surface area contributed by atoms with Gasteiger partial charge in [-0.1, -0.05) is 11.6 Å². The van der Waals surface area contributed by atoms with Crippen LogP contribution in [0.3, 0.4) is 0 Å².